The van der Waals surface area contributed by atoms with Crippen LogP contribution in [0, 0.1) is 0 Å². The van der Waals surface area contributed by atoms with Gasteiger partial charge in [-0.15, -0.1) is 24.8 Å². The van der Waals surface area contributed by atoms with Crippen LogP contribution >= 0.6 is 24.8 Å². The van der Waals surface area contributed by atoms with Crippen molar-refractivity contribution < 1.29 is 0 Å². The van der Waals surface area contributed by atoms with E-state index in [1.807, 2.05) is 0 Å². The zero-order valence-electron chi connectivity index (χ0n) is 15.4. The first-order chi connectivity index (χ1) is 11.8. The predicted octanol–water partition coefficient (Wildman–Crippen LogP) is 4.99. The van der Waals surface area contributed by atoms with Crippen LogP contribution in [-0.2, 0) is 6.42 Å². The fraction of sp³-hybridized carbons (Fsp3) is 0.455. The molecule has 0 bridgehead atoms. The summed E-state index contributed by atoms with van der Waals surface area (Å²) in [4.78, 5) is 2.68. The molecule has 0 aromatic heterocycles. The lowest BCUT2D eigenvalue weighted by Gasteiger charge is -2.32. The number of fused-ring (bicyclic) bond motifs is 1. The average molecular weight is 393 g/mol. The fourth-order valence-electron chi connectivity index (χ4n) is 4.70. The van der Waals surface area contributed by atoms with Gasteiger partial charge in [0.15, 0.2) is 0 Å². The number of hydrogen-bond donors (Lipinski definition) is 1. The first-order valence-corrected chi connectivity index (χ1v) is 9.39. The molecule has 1 saturated heterocycles. The number of benzene rings is 2. The Bertz CT molecular complexity index is 677. The topological polar surface area (TPSA) is 15.3 Å². The molecule has 0 spiro atoms. The summed E-state index contributed by atoms with van der Waals surface area (Å²) in [6, 6.07) is 20.1. The molecule has 4 rings (SSSR count). The highest BCUT2D eigenvalue weighted by molar-refractivity contribution is 5.85. The van der Waals surface area contributed by atoms with E-state index >= 15 is 0 Å². The normalized spacial score (nSPS) is 25.0. The van der Waals surface area contributed by atoms with Gasteiger partial charge in [0.2, 0.25) is 0 Å². The lowest BCUT2D eigenvalue weighted by atomic mass is 9.82. The third-order valence-corrected chi connectivity index (χ3v) is 5.96. The Hall–Kier alpha value is -1.06. The van der Waals surface area contributed by atoms with Crippen LogP contribution < -0.4 is 5.32 Å². The number of nitrogens with zero attached hydrogens (tertiary/aromatic N) is 1. The number of aryl methyl sites for hydroxylation is 1. The molecule has 4 heteroatoms. The van der Waals surface area contributed by atoms with Crippen molar-refractivity contribution in [3.05, 3.63) is 71.3 Å². The molecule has 142 valence electrons. The zero-order chi connectivity index (χ0) is 16.4. The van der Waals surface area contributed by atoms with Crippen LogP contribution in [-0.4, -0.2) is 31.2 Å². The van der Waals surface area contributed by atoms with Crippen molar-refractivity contribution in [1.29, 1.82) is 0 Å². The monoisotopic (exact) mass is 392 g/mol. The van der Waals surface area contributed by atoms with E-state index in [9.17, 15) is 0 Å². The Morgan fingerprint density at radius 1 is 1.00 bits per heavy atom. The van der Waals surface area contributed by atoms with Crippen molar-refractivity contribution in [2.45, 2.75) is 43.7 Å². The molecule has 1 aliphatic carbocycles. The molecule has 1 aliphatic heterocycles. The quantitative estimate of drug-likeness (QED) is 0.788. The summed E-state index contributed by atoms with van der Waals surface area (Å²) >= 11 is 0. The van der Waals surface area contributed by atoms with Crippen LogP contribution in [0.1, 0.15) is 47.8 Å². The zero-order valence-corrected chi connectivity index (χ0v) is 17.1. The number of halogens is 2. The van der Waals surface area contributed by atoms with Crippen molar-refractivity contribution in [2.75, 3.05) is 20.1 Å². The van der Waals surface area contributed by atoms with Gasteiger partial charge in [-0.2, -0.15) is 0 Å². The minimum atomic E-state index is 0. The lowest BCUT2D eigenvalue weighted by Crippen LogP contribution is -2.41. The van der Waals surface area contributed by atoms with E-state index in [0.29, 0.717) is 18.0 Å². The van der Waals surface area contributed by atoms with E-state index in [0.717, 1.165) is 0 Å². The standard InChI is InChI=1S/C22H28N2.2ClH/c1-23-22-14-20(17-8-3-2-4-9-17)16-24(22)15-19-12-7-11-18-10-5-6-13-21(18)19;;/h2-6,8-10,13,19-20,22-23H,7,11-12,14-16H2,1H3;2*1H. The number of rotatable bonds is 4. The van der Waals surface area contributed by atoms with E-state index < -0.39 is 0 Å². The second-order valence-corrected chi connectivity index (χ2v) is 7.39. The summed E-state index contributed by atoms with van der Waals surface area (Å²) in [7, 11) is 2.11. The summed E-state index contributed by atoms with van der Waals surface area (Å²) in [5, 5.41) is 3.55. The first kappa shape index (κ1) is 21.2. The van der Waals surface area contributed by atoms with Gasteiger partial charge >= 0.3 is 0 Å². The Labute approximate surface area is 170 Å². The SMILES string of the molecule is CNC1CC(c2ccccc2)CN1CC1CCCc2ccccc21.Cl.Cl. The van der Waals surface area contributed by atoms with Gasteiger partial charge in [-0.25, -0.2) is 0 Å². The van der Waals surface area contributed by atoms with E-state index in [-0.39, 0.29) is 24.8 Å². The first-order valence-electron chi connectivity index (χ1n) is 9.39. The summed E-state index contributed by atoms with van der Waals surface area (Å²) < 4.78 is 0. The largest absolute Gasteiger partial charge is 0.305 e. The van der Waals surface area contributed by atoms with Crippen LogP contribution in [0.25, 0.3) is 0 Å². The van der Waals surface area contributed by atoms with E-state index in [4.69, 9.17) is 0 Å². The van der Waals surface area contributed by atoms with E-state index in [2.05, 4.69) is 71.9 Å². The molecular weight excluding hydrogens is 363 g/mol. The van der Waals surface area contributed by atoms with Crippen molar-refractivity contribution in [1.82, 2.24) is 10.2 Å². The van der Waals surface area contributed by atoms with Crippen molar-refractivity contribution >= 4 is 24.8 Å². The highest BCUT2D eigenvalue weighted by atomic mass is 35.5. The molecule has 2 aromatic carbocycles. The molecule has 3 atom stereocenters. The maximum Gasteiger partial charge on any atom is 0.0601 e. The maximum absolute atomic E-state index is 3.55. The lowest BCUT2D eigenvalue weighted by molar-refractivity contribution is 0.207. The minimum absolute atomic E-state index is 0. The smallest absolute Gasteiger partial charge is 0.0601 e. The van der Waals surface area contributed by atoms with Gasteiger partial charge in [-0.05, 0) is 61.3 Å². The van der Waals surface area contributed by atoms with Gasteiger partial charge in [0.1, 0.15) is 0 Å². The van der Waals surface area contributed by atoms with Gasteiger partial charge in [-0.3, -0.25) is 4.90 Å². The number of likely N-dealkylation sites (tertiary alicyclic amines) is 1. The molecule has 1 fully saturated rings. The number of nitrogens with one attached hydrogen (secondary N) is 1. The fourth-order valence-corrected chi connectivity index (χ4v) is 4.70. The van der Waals surface area contributed by atoms with Crippen LogP contribution in [0.3, 0.4) is 0 Å². The Morgan fingerprint density at radius 2 is 1.73 bits per heavy atom. The summed E-state index contributed by atoms with van der Waals surface area (Å²) in [5.41, 5.74) is 4.67. The van der Waals surface area contributed by atoms with Crippen molar-refractivity contribution in [2.24, 2.45) is 0 Å². The predicted molar refractivity (Wildman–Crippen MR) is 115 cm³/mol. The highest BCUT2D eigenvalue weighted by Gasteiger charge is 2.34. The third-order valence-electron chi connectivity index (χ3n) is 5.96. The highest BCUT2D eigenvalue weighted by Crippen LogP contribution is 2.36. The van der Waals surface area contributed by atoms with Gasteiger partial charge in [-0.1, -0.05) is 54.6 Å². The molecule has 3 unspecified atom stereocenters. The average Bonchev–Trinajstić information content (AvgIpc) is 3.06. The Balaban J connectivity index is 0.00000121. The molecule has 1 N–H and O–H groups in total. The molecule has 0 radical (unpaired) electrons. The van der Waals surface area contributed by atoms with Gasteiger partial charge < -0.3 is 5.32 Å². The molecule has 0 amide bonds. The van der Waals surface area contributed by atoms with Crippen LogP contribution in [0.2, 0.25) is 0 Å². The summed E-state index contributed by atoms with van der Waals surface area (Å²) in [6.45, 7) is 2.36. The van der Waals surface area contributed by atoms with Gasteiger partial charge in [0, 0.05) is 13.1 Å². The van der Waals surface area contributed by atoms with Crippen LogP contribution in [0.15, 0.2) is 54.6 Å². The molecular formula is C22H30Cl2N2. The summed E-state index contributed by atoms with van der Waals surface area (Å²) in [5.74, 6) is 1.35. The number of hydrogen-bond acceptors (Lipinski definition) is 2. The maximum atomic E-state index is 3.55. The van der Waals surface area contributed by atoms with Gasteiger partial charge in [0.25, 0.3) is 0 Å². The third kappa shape index (κ3) is 4.43. The second kappa shape index (κ2) is 9.75. The second-order valence-electron chi connectivity index (χ2n) is 7.39. The van der Waals surface area contributed by atoms with Crippen molar-refractivity contribution in [3.63, 3.8) is 0 Å². The molecule has 1 heterocycles. The van der Waals surface area contributed by atoms with E-state index in [1.165, 1.54) is 44.3 Å². The molecule has 2 aliphatic rings. The van der Waals surface area contributed by atoms with Crippen molar-refractivity contribution in [3.8, 4) is 0 Å². The molecule has 26 heavy (non-hydrogen) atoms. The van der Waals surface area contributed by atoms with Crippen LogP contribution in [0.4, 0.5) is 0 Å². The minimum Gasteiger partial charge on any atom is -0.305 e. The molecule has 2 nitrogen and oxygen atoms in total. The Kier molecular flexibility index (Phi) is 7.97. The van der Waals surface area contributed by atoms with Crippen LogP contribution in [0.5, 0.6) is 0 Å². The van der Waals surface area contributed by atoms with Gasteiger partial charge in [0.05, 0.1) is 6.17 Å². The summed E-state index contributed by atoms with van der Waals surface area (Å²) in [6.07, 6.45) is 5.65. The molecule has 2 aromatic rings. The van der Waals surface area contributed by atoms with E-state index in [1.54, 1.807) is 11.1 Å². The Morgan fingerprint density at radius 3 is 2.50 bits per heavy atom. The molecule has 0 saturated carbocycles.